The highest BCUT2D eigenvalue weighted by molar-refractivity contribution is 7.48. The van der Waals surface area contributed by atoms with E-state index in [1.54, 1.807) is 19.1 Å². The van der Waals surface area contributed by atoms with Crippen LogP contribution in [0.5, 0.6) is 0 Å². The lowest BCUT2D eigenvalue weighted by molar-refractivity contribution is 0.100. The summed E-state index contributed by atoms with van der Waals surface area (Å²) >= 11 is 0. The Hall–Kier alpha value is -1.25. The quantitative estimate of drug-likeness (QED) is 0.762. The molecule has 5 heteroatoms. The van der Waals surface area contributed by atoms with Gasteiger partial charge in [-0.1, -0.05) is 0 Å². The third-order valence-corrected chi connectivity index (χ3v) is 2.82. The Morgan fingerprint density at radius 3 is 2.43 bits per heavy atom. The number of hydrogen-bond acceptors (Lipinski definition) is 3. The van der Waals surface area contributed by atoms with Crippen LogP contribution in [0.4, 0.5) is 0 Å². The van der Waals surface area contributed by atoms with Crippen LogP contribution in [0.25, 0.3) is 0 Å². The van der Waals surface area contributed by atoms with Crippen LogP contribution in [0.2, 0.25) is 0 Å². The van der Waals surface area contributed by atoms with Crippen molar-refractivity contribution >= 4 is 19.2 Å². The van der Waals surface area contributed by atoms with Gasteiger partial charge < -0.3 is 5.73 Å². The fourth-order valence-corrected chi connectivity index (χ4v) is 1.72. The molecule has 0 bridgehead atoms. The van der Waals surface area contributed by atoms with E-state index in [0.717, 1.165) is 0 Å². The van der Waals surface area contributed by atoms with Crippen molar-refractivity contribution in [3.05, 3.63) is 29.8 Å². The van der Waals surface area contributed by atoms with Crippen molar-refractivity contribution in [3.63, 3.8) is 0 Å². The van der Waals surface area contributed by atoms with Crippen molar-refractivity contribution < 1.29 is 13.9 Å². The van der Waals surface area contributed by atoms with Gasteiger partial charge in [0.15, 0.2) is 0 Å². The Labute approximate surface area is 82.9 Å². The van der Waals surface area contributed by atoms with Crippen molar-refractivity contribution in [2.45, 2.75) is 6.92 Å². The van der Waals surface area contributed by atoms with Gasteiger partial charge in [-0.05, 0) is 35.8 Å². The molecular formula is C9H11NO3P+. The first-order chi connectivity index (χ1) is 6.65. The fraction of sp³-hybridized carbons (Fsp3) is 0.222. The van der Waals surface area contributed by atoms with Gasteiger partial charge in [-0.25, -0.2) is 0 Å². The van der Waals surface area contributed by atoms with E-state index < -0.39 is 13.9 Å². The van der Waals surface area contributed by atoms with E-state index in [9.17, 15) is 9.36 Å². The third kappa shape index (κ3) is 2.62. The lowest BCUT2D eigenvalue weighted by atomic mass is 10.2. The molecular weight excluding hydrogens is 201 g/mol. The second-order valence-electron chi connectivity index (χ2n) is 2.59. The van der Waals surface area contributed by atoms with E-state index >= 15 is 0 Å². The minimum absolute atomic E-state index is 0.396. The lowest BCUT2D eigenvalue weighted by Crippen LogP contribution is -2.11. The Morgan fingerprint density at radius 2 is 2.00 bits per heavy atom. The van der Waals surface area contributed by atoms with E-state index in [0.29, 0.717) is 17.5 Å². The molecule has 0 spiro atoms. The van der Waals surface area contributed by atoms with Crippen LogP contribution >= 0.6 is 8.03 Å². The number of nitrogens with two attached hydrogens (primary N) is 1. The average Bonchev–Trinajstić information content (AvgIpc) is 2.18. The molecule has 0 aromatic heterocycles. The summed E-state index contributed by atoms with van der Waals surface area (Å²) in [6, 6.07) is 6.22. The van der Waals surface area contributed by atoms with Gasteiger partial charge in [-0.15, -0.1) is 4.52 Å². The van der Waals surface area contributed by atoms with Gasteiger partial charge in [-0.3, -0.25) is 4.79 Å². The summed E-state index contributed by atoms with van der Waals surface area (Å²) in [5, 5.41) is 0.562. The number of primary amides is 1. The molecule has 0 aliphatic heterocycles. The van der Waals surface area contributed by atoms with Gasteiger partial charge in [-0.2, -0.15) is 0 Å². The molecule has 0 heterocycles. The number of carbonyl (C=O) groups excluding carboxylic acids is 1. The second-order valence-corrected chi connectivity index (χ2v) is 3.87. The molecule has 0 aliphatic rings. The third-order valence-electron chi connectivity index (χ3n) is 1.61. The molecule has 14 heavy (non-hydrogen) atoms. The first kappa shape index (κ1) is 10.8. The average molecular weight is 212 g/mol. The first-order valence-corrected chi connectivity index (χ1v) is 5.33. The van der Waals surface area contributed by atoms with Gasteiger partial charge in [0.2, 0.25) is 11.2 Å². The fourth-order valence-electron chi connectivity index (χ4n) is 0.939. The van der Waals surface area contributed by atoms with Crippen LogP contribution in [0.15, 0.2) is 24.3 Å². The molecule has 0 aliphatic carbocycles. The van der Waals surface area contributed by atoms with Gasteiger partial charge in [0, 0.05) is 5.56 Å². The predicted octanol–water partition coefficient (Wildman–Crippen LogP) is 1.19. The highest BCUT2D eigenvalue weighted by Gasteiger charge is 2.20. The molecule has 1 rings (SSSR count). The van der Waals surface area contributed by atoms with E-state index in [1.807, 2.05) is 0 Å². The normalized spacial score (nSPS) is 11.1. The van der Waals surface area contributed by atoms with Gasteiger partial charge >= 0.3 is 8.03 Å². The summed E-state index contributed by atoms with van der Waals surface area (Å²) in [5.41, 5.74) is 5.45. The van der Waals surface area contributed by atoms with E-state index in [1.165, 1.54) is 12.1 Å². The number of amides is 1. The zero-order valence-electron chi connectivity index (χ0n) is 7.77. The molecule has 1 aromatic carbocycles. The summed E-state index contributed by atoms with van der Waals surface area (Å²) in [6.07, 6.45) is 0. The van der Waals surface area contributed by atoms with Crippen LogP contribution in [0.1, 0.15) is 17.3 Å². The molecule has 74 valence electrons. The number of rotatable bonds is 4. The Balaban J connectivity index is 2.83. The highest BCUT2D eigenvalue weighted by Crippen LogP contribution is 2.20. The summed E-state index contributed by atoms with van der Waals surface area (Å²) in [4.78, 5) is 10.7. The summed E-state index contributed by atoms with van der Waals surface area (Å²) in [6.45, 7) is 2.16. The van der Waals surface area contributed by atoms with Crippen molar-refractivity contribution in [2.24, 2.45) is 5.73 Å². The Kier molecular flexibility index (Phi) is 3.74. The maximum Gasteiger partial charge on any atom is 0.548 e. The molecule has 4 nitrogen and oxygen atoms in total. The number of carbonyl (C=O) groups is 1. The Bertz CT molecular complexity index is 348. The summed E-state index contributed by atoms with van der Waals surface area (Å²) < 4.78 is 16.3. The zero-order chi connectivity index (χ0) is 10.6. The van der Waals surface area contributed by atoms with Crippen molar-refractivity contribution in [3.8, 4) is 0 Å². The molecule has 2 N–H and O–H groups in total. The van der Waals surface area contributed by atoms with E-state index in [-0.39, 0.29) is 0 Å². The van der Waals surface area contributed by atoms with Crippen molar-refractivity contribution in [1.82, 2.24) is 0 Å². The van der Waals surface area contributed by atoms with Crippen LogP contribution in [0.3, 0.4) is 0 Å². The van der Waals surface area contributed by atoms with Crippen LogP contribution in [-0.4, -0.2) is 12.5 Å². The smallest absolute Gasteiger partial charge is 0.366 e. The molecule has 0 saturated heterocycles. The minimum Gasteiger partial charge on any atom is -0.366 e. The molecule has 1 atom stereocenters. The predicted molar refractivity (Wildman–Crippen MR) is 53.8 cm³/mol. The monoisotopic (exact) mass is 212 g/mol. The molecule has 0 fully saturated rings. The zero-order valence-corrected chi connectivity index (χ0v) is 8.66. The topological polar surface area (TPSA) is 69.4 Å². The first-order valence-electron chi connectivity index (χ1n) is 4.15. The Morgan fingerprint density at radius 1 is 1.43 bits per heavy atom. The number of hydrogen-bond donors (Lipinski definition) is 1. The summed E-state index contributed by atoms with van der Waals surface area (Å²) in [7, 11) is -1.81. The van der Waals surface area contributed by atoms with Crippen LogP contribution < -0.4 is 11.0 Å². The molecule has 0 radical (unpaired) electrons. The van der Waals surface area contributed by atoms with Gasteiger partial charge in [0.1, 0.15) is 6.61 Å². The lowest BCUT2D eigenvalue weighted by Gasteiger charge is -1.92. The highest BCUT2D eigenvalue weighted by atomic mass is 31.1. The van der Waals surface area contributed by atoms with Gasteiger partial charge in [0.25, 0.3) is 0 Å². The number of benzene rings is 1. The van der Waals surface area contributed by atoms with Crippen molar-refractivity contribution in [2.75, 3.05) is 6.61 Å². The standard InChI is InChI=1S/C9H10NO3P/c1-2-13-14(12)8-5-3-7(4-6-8)9(10)11/h3-6H,2H2,1H3,(H-,10,11)/p+1. The van der Waals surface area contributed by atoms with E-state index in [2.05, 4.69) is 0 Å². The minimum atomic E-state index is -1.81. The molecule has 0 saturated carbocycles. The second kappa shape index (κ2) is 4.84. The van der Waals surface area contributed by atoms with E-state index in [4.69, 9.17) is 10.3 Å². The SMILES string of the molecule is CCO[P+](=O)c1ccc(C(N)=O)cc1. The molecule has 1 unspecified atom stereocenters. The summed E-state index contributed by atoms with van der Waals surface area (Å²) in [5.74, 6) is -0.497. The largest absolute Gasteiger partial charge is 0.548 e. The molecule has 1 amide bonds. The molecule has 1 aromatic rings. The van der Waals surface area contributed by atoms with Crippen molar-refractivity contribution in [1.29, 1.82) is 0 Å². The van der Waals surface area contributed by atoms with Gasteiger partial charge in [0.05, 0.1) is 0 Å². The van der Waals surface area contributed by atoms with Crippen LogP contribution in [-0.2, 0) is 9.09 Å². The van der Waals surface area contributed by atoms with Crippen LogP contribution in [0, 0.1) is 0 Å². The maximum absolute atomic E-state index is 11.3. The maximum atomic E-state index is 11.3.